The number of nitrogens with zero attached hydrogens (tertiary/aromatic N) is 1. The fourth-order valence-electron chi connectivity index (χ4n) is 3.05. The SMILES string of the molecule is CCCOc1ccccc1OCC(=O)Nc1cccc(S(=O)(=O)N2CCCC2)c1. The molecule has 2 aromatic carbocycles. The number of para-hydroxylation sites is 2. The Morgan fingerprint density at radius 3 is 2.41 bits per heavy atom. The first kappa shape index (κ1) is 21.1. The van der Waals surface area contributed by atoms with Crippen LogP contribution in [0.25, 0.3) is 0 Å². The van der Waals surface area contributed by atoms with Gasteiger partial charge in [0.25, 0.3) is 5.91 Å². The molecule has 0 spiro atoms. The zero-order valence-electron chi connectivity index (χ0n) is 16.5. The summed E-state index contributed by atoms with van der Waals surface area (Å²) >= 11 is 0. The second-order valence-corrected chi connectivity index (χ2v) is 8.71. The molecule has 1 N–H and O–H groups in total. The molecule has 1 fully saturated rings. The molecule has 0 bridgehead atoms. The predicted molar refractivity (Wildman–Crippen MR) is 111 cm³/mol. The second kappa shape index (κ2) is 9.76. The Morgan fingerprint density at radius 2 is 1.72 bits per heavy atom. The van der Waals surface area contributed by atoms with E-state index in [0.717, 1.165) is 19.3 Å². The third-order valence-corrected chi connectivity index (χ3v) is 6.38. The Morgan fingerprint density at radius 1 is 1.03 bits per heavy atom. The van der Waals surface area contributed by atoms with Crippen molar-refractivity contribution in [3.05, 3.63) is 48.5 Å². The number of hydrogen-bond donors (Lipinski definition) is 1. The molecule has 0 unspecified atom stereocenters. The minimum Gasteiger partial charge on any atom is -0.490 e. The van der Waals surface area contributed by atoms with Gasteiger partial charge in [-0.1, -0.05) is 25.1 Å². The van der Waals surface area contributed by atoms with E-state index in [2.05, 4.69) is 5.32 Å². The molecule has 8 heteroatoms. The average Bonchev–Trinajstić information content (AvgIpc) is 3.27. The van der Waals surface area contributed by atoms with Crippen molar-refractivity contribution in [2.24, 2.45) is 0 Å². The Hall–Kier alpha value is -2.58. The van der Waals surface area contributed by atoms with Crippen LogP contribution in [0.4, 0.5) is 5.69 Å². The van der Waals surface area contributed by atoms with Crippen molar-refractivity contribution in [2.75, 3.05) is 31.6 Å². The van der Waals surface area contributed by atoms with Crippen LogP contribution in [0.1, 0.15) is 26.2 Å². The summed E-state index contributed by atoms with van der Waals surface area (Å²) in [4.78, 5) is 12.5. The van der Waals surface area contributed by atoms with Crippen molar-refractivity contribution in [3.8, 4) is 11.5 Å². The van der Waals surface area contributed by atoms with Crippen LogP contribution in [0.3, 0.4) is 0 Å². The normalized spacial score (nSPS) is 14.5. The lowest BCUT2D eigenvalue weighted by atomic mass is 10.3. The van der Waals surface area contributed by atoms with Crippen molar-refractivity contribution in [1.82, 2.24) is 4.31 Å². The van der Waals surface area contributed by atoms with E-state index in [0.29, 0.717) is 36.9 Å². The Kier molecular flexibility index (Phi) is 7.11. The van der Waals surface area contributed by atoms with Gasteiger partial charge in [-0.3, -0.25) is 4.79 Å². The molecule has 1 amide bonds. The van der Waals surface area contributed by atoms with Gasteiger partial charge in [0.2, 0.25) is 10.0 Å². The third-order valence-electron chi connectivity index (χ3n) is 4.49. The molecule has 1 saturated heterocycles. The molecule has 0 aromatic heterocycles. The van der Waals surface area contributed by atoms with Crippen molar-refractivity contribution < 1.29 is 22.7 Å². The van der Waals surface area contributed by atoms with Crippen molar-refractivity contribution in [2.45, 2.75) is 31.1 Å². The molecule has 1 aliphatic rings. The lowest BCUT2D eigenvalue weighted by Gasteiger charge is -2.16. The highest BCUT2D eigenvalue weighted by Crippen LogP contribution is 2.27. The predicted octanol–water partition coefficient (Wildman–Crippen LogP) is 3.28. The van der Waals surface area contributed by atoms with Crippen LogP contribution < -0.4 is 14.8 Å². The molecule has 1 heterocycles. The largest absolute Gasteiger partial charge is 0.490 e. The summed E-state index contributed by atoms with van der Waals surface area (Å²) < 4.78 is 38.0. The molecular weight excluding hydrogens is 392 g/mol. The molecule has 0 radical (unpaired) electrons. The highest BCUT2D eigenvalue weighted by molar-refractivity contribution is 7.89. The van der Waals surface area contributed by atoms with Crippen LogP contribution in [0.15, 0.2) is 53.4 Å². The maximum atomic E-state index is 12.7. The molecule has 0 aliphatic carbocycles. The fraction of sp³-hybridized carbons (Fsp3) is 0.381. The van der Waals surface area contributed by atoms with E-state index in [1.165, 1.54) is 10.4 Å². The number of anilines is 1. The Labute approximate surface area is 171 Å². The first-order valence-corrected chi connectivity index (χ1v) is 11.2. The Balaban J connectivity index is 1.62. The molecule has 3 rings (SSSR count). The van der Waals surface area contributed by atoms with E-state index in [4.69, 9.17) is 9.47 Å². The lowest BCUT2D eigenvalue weighted by Crippen LogP contribution is -2.28. The van der Waals surface area contributed by atoms with Gasteiger partial charge in [-0.25, -0.2) is 8.42 Å². The van der Waals surface area contributed by atoms with E-state index in [9.17, 15) is 13.2 Å². The lowest BCUT2D eigenvalue weighted by molar-refractivity contribution is -0.118. The molecule has 0 saturated carbocycles. The monoisotopic (exact) mass is 418 g/mol. The van der Waals surface area contributed by atoms with Crippen LogP contribution in [-0.4, -0.2) is 44.9 Å². The van der Waals surface area contributed by atoms with Crippen molar-refractivity contribution in [1.29, 1.82) is 0 Å². The first-order valence-electron chi connectivity index (χ1n) is 9.75. The highest BCUT2D eigenvalue weighted by Gasteiger charge is 2.27. The number of amides is 1. The smallest absolute Gasteiger partial charge is 0.262 e. The van der Waals surface area contributed by atoms with Crippen LogP contribution in [-0.2, 0) is 14.8 Å². The number of rotatable bonds is 9. The second-order valence-electron chi connectivity index (χ2n) is 6.77. The summed E-state index contributed by atoms with van der Waals surface area (Å²) in [5.41, 5.74) is 0.411. The van der Waals surface area contributed by atoms with Gasteiger partial charge in [-0.15, -0.1) is 0 Å². The van der Waals surface area contributed by atoms with Gasteiger partial charge in [-0.05, 0) is 49.6 Å². The number of ether oxygens (including phenoxy) is 2. The van der Waals surface area contributed by atoms with Crippen LogP contribution in [0.2, 0.25) is 0 Å². The number of hydrogen-bond acceptors (Lipinski definition) is 5. The highest BCUT2D eigenvalue weighted by atomic mass is 32.2. The number of carbonyl (C=O) groups excluding carboxylic acids is 1. The van der Waals surface area contributed by atoms with E-state index >= 15 is 0 Å². The van der Waals surface area contributed by atoms with E-state index in [-0.39, 0.29) is 17.4 Å². The van der Waals surface area contributed by atoms with E-state index < -0.39 is 10.0 Å². The topological polar surface area (TPSA) is 84.9 Å². The molecule has 7 nitrogen and oxygen atoms in total. The van der Waals surface area contributed by atoms with Crippen LogP contribution in [0, 0.1) is 0 Å². The maximum absolute atomic E-state index is 12.7. The summed E-state index contributed by atoms with van der Waals surface area (Å²) in [7, 11) is -3.53. The molecule has 1 aliphatic heterocycles. The summed E-state index contributed by atoms with van der Waals surface area (Å²) in [5.74, 6) is 0.688. The molecular formula is C21H26N2O5S. The Bertz CT molecular complexity index is 940. The standard InChI is InChI=1S/C21H26N2O5S/c1-2-14-27-19-10-3-4-11-20(19)28-16-21(24)22-17-8-7-9-18(15-17)29(25,26)23-12-5-6-13-23/h3-4,7-11,15H,2,5-6,12-14,16H2,1H3,(H,22,24). The van der Waals surface area contributed by atoms with Gasteiger partial charge in [0.1, 0.15) is 0 Å². The number of benzene rings is 2. The quantitative estimate of drug-likeness (QED) is 0.676. The van der Waals surface area contributed by atoms with E-state index in [1.54, 1.807) is 36.4 Å². The average molecular weight is 419 g/mol. The van der Waals surface area contributed by atoms with E-state index in [1.807, 2.05) is 13.0 Å². The zero-order valence-corrected chi connectivity index (χ0v) is 17.3. The van der Waals surface area contributed by atoms with Crippen LogP contribution >= 0.6 is 0 Å². The number of sulfonamides is 1. The van der Waals surface area contributed by atoms with Gasteiger partial charge in [0.15, 0.2) is 18.1 Å². The molecule has 2 aromatic rings. The van der Waals surface area contributed by atoms with Gasteiger partial charge >= 0.3 is 0 Å². The molecule has 29 heavy (non-hydrogen) atoms. The minimum atomic E-state index is -3.53. The fourth-order valence-corrected chi connectivity index (χ4v) is 4.62. The van der Waals surface area contributed by atoms with Crippen molar-refractivity contribution in [3.63, 3.8) is 0 Å². The number of nitrogens with one attached hydrogen (secondary N) is 1. The molecule has 0 atom stereocenters. The van der Waals surface area contributed by atoms with Gasteiger partial charge in [0.05, 0.1) is 11.5 Å². The summed E-state index contributed by atoms with van der Waals surface area (Å²) in [6.45, 7) is 3.42. The third kappa shape index (κ3) is 5.48. The van der Waals surface area contributed by atoms with Crippen LogP contribution in [0.5, 0.6) is 11.5 Å². The first-order chi connectivity index (χ1) is 14.0. The van der Waals surface area contributed by atoms with Gasteiger partial charge in [-0.2, -0.15) is 4.31 Å². The molecule has 156 valence electrons. The summed E-state index contributed by atoms with van der Waals surface area (Å²) in [5, 5.41) is 2.69. The zero-order chi connectivity index (χ0) is 20.7. The maximum Gasteiger partial charge on any atom is 0.262 e. The number of carbonyl (C=O) groups is 1. The van der Waals surface area contributed by atoms with Crippen molar-refractivity contribution >= 4 is 21.6 Å². The minimum absolute atomic E-state index is 0.177. The summed E-state index contributed by atoms with van der Waals surface area (Å²) in [6, 6.07) is 13.5. The van der Waals surface area contributed by atoms with Gasteiger partial charge in [0, 0.05) is 18.8 Å². The van der Waals surface area contributed by atoms with Gasteiger partial charge < -0.3 is 14.8 Å². The summed E-state index contributed by atoms with van der Waals surface area (Å²) in [6.07, 6.45) is 2.61.